The second-order valence-electron chi connectivity index (χ2n) is 9.68. The van der Waals surface area contributed by atoms with Crippen LogP contribution in [-0.4, -0.2) is 13.9 Å². The van der Waals surface area contributed by atoms with E-state index in [1.54, 1.807) is 0 Å². The molecule has 0 aliphatic heterocycles. The van der Waals surface area contributed by atoms with Crippen molar-refractivity contribution in [2.24, 2.45) is 0 Å². The minimum Gasteiger partial charge on any atom is -0.319 e. The van der Waals surface area contributed by atoms with Gasteiger partial charge in [-0.25, -0.2) is 0 Å². The lowest BCUT2D eigenvalue weighted by Crippen LogP contribution is -2.52. The van der Waals surface area contributed by atoms with Crippen molar-refractivity contribution in [3.8, 4) is 11.1 Å². The maximum Gasteiger partial charge on any atom is 0.228 e. The first-order valence-corrected chi connectivity index (χ1v) is 12.4. The molecule has 26 heavy (non-hydrogen) atoms. The molecule has 0 radical (unpaired) electrons. The highest BCUT2D eigenvalue weighted by molar-refractivity contribution is 6.74. The molecule has 2 aromatic rings. The lowest BCUT2D eigenvalue weighted by Gasteiger charge is -2.45. The van der Waals surface area contributed by atoms with E-state index in [1.165, 1.54) is 16.7 Å². The first-order valence-electron chi connectivity index (χ1n) is 9.48. The molecule has 2 nitrogen and oxygen atoms in total. The summed E-state index contributed by atoms with van der Waals surface area (Å²) in [6, 6.07) is 17.3. The molecule has 2 aromatic carbocycles. The Kier molecular flexibility index (Phi) is 5.74. The second kappa shape index (κ2) is 7.20. The molecule has 0 fully saturated rings. The number of hydrogen-bond donors (Lipinski definition) is 0. The van der Waals surface area contributed by atoms with E-state index in [1.807, 2.05) is 0 Å². The number of nitrogens with zero attached hydrogens (tertiary/aromatic N) is 1. The quantitative estimate of drug-likeness (QED) is 0.417. The molecule has 3 heteroatoms. The standard InChI is InChI=1S/C23H35NOSi/c1-18-12-10-11-13-21(18)19-14-16-20(17-15-19)24(22(2,3)4)25-26(8,9)23(5,6)7/h10-17H,1-9H3. The molecule has 0 aromatic heterocycles. The molecule has 0 unspecified atom stereocenters. The van der Waals surface area contributed by atoms with E-state index in [2.05, 4.69) is 115 Å². The molecule has 0 aliphatic rings. The van der Waals surface area contributed by atoms with Gasteiger partial charge in [0, 0.05) is 0 Å². The third-order valence-corrected chi connectivity index (χ3v) is 9.54. The first kappa shape index (κ1) is 20.7. The molecule has 0 bridgehead atoms. The van der Waals surface area contributed by atoms with Gasteiger partial charge >= 0.3 is 0 Å². The zero-order chi connectivity index (χ0) is 19.8. The number of benzene rings is 2. The summed E-state index contributed by atoms with van der Waals surface area (Å²) in [7, 11) is -1.92. The van der Waals surface area contributed by atoms with Gasteiger partial charge in [0.1, 0.15) is 0 Å². The van der Waals surface area contributed by atoms with Gasteiger partial charge < -0.3 is 4.53 Å². The molecule has 0 aliphatic carbocycles. The molecule has 0 heterocycles. The average Bonchev–Trinajstić information content (AvgIpc) is 2.51. The van der Waals surface area contributed by atoms with Gasteiger partial charge in [-0.2, -0.15) is 0 Å². The Morgan fingerprint density at radius 3 is 1.81 bits per heavy atom. The van der Waals surface area contributed by atoms with Crippen molar-refractivity contribution in [3.05, 3.63) is 54.1 Å². The van der Waals surface area contributed by atoms with Crippen molar-refractivity contribution in [1.82, 2.24) is 0 Å². The van der Waals surface area contributed by atoms with Crippen LogP contribution >= 0.6 is 0 Å². The Hall–Kier alpha value is -1.58. The van der Waals surface area contributed by atoms with Gasteiger partial charge in [0.05, 0.1) is 11.2 Å². The topological polar surface area (TPSA) is 12.5 Å². The Morgan fingerprint density at radius 1 is 0.808 bits per heavy atom. The van der Waals surface area contributed by atoms with Gasteiger partial charge in [-0.3, -0.25) is 5.06 Å². The van der Waals surface area contributed by atoms with E-state index < -0.39 is 8.32 Å². The summed E-state index contributed by atoms with van der Waals surface area (Å²) in [6.45, 7) is 20.2. The van der Waals surface area contributed by atoms with Crippen LogP contribution in [0.3, 0.4) is 0 Å². The molecule has 142 valence electrons. The van der Waals surface area contributed by atoms with Gasteiger partial charge in [0.2, 0.25) is 8.32 Å². The highest BCUT2D eigenvalue weighted by Crippen LogP contribution is 2.40. The fraction of sp³-hybridized carbons (Fsp3) is 0.478. The zero-order valence-corrected chi connectivity index (χ0v) is 19.0. The van der Waals surface area contributed by atoms with Crippen molar-refractivity contribution in [2.75, 3.05) is 5.06 Å². The van der Waals surface area contributed by atoms with Crippen LogP contribution in [0.15, 0.2) is 48.5 Å². The number of hydrogen-bond acceptors (Lipinski definition) is 2. The second-order valence-corrected chi connectivity index (χ2v) is 14.4. The van der Waals surface area contributed by atoms with E-state index in [-0.39, 0.29) is 10.6 Å². The van der Waals surface area contributed by atoms with E-state index in [9.17, 15) is 0 Å². The van der Waals surface area contributed by atoms with Crippen molar-refractivity contribution >= 4 is 14.0 Å². The third-order valence-electron chi connectivity index (χ3n) is 5.29. The SMILES string of the molecule is Cc1ccccc1-c1ccc(N(O[Si](C)(C)C(C)(C)C)C(C)(C)C)cc1. The molecule has 0 saturated heterocycles. The monoisotopic (exact) mass is 369 g/mol. The number of rotatable bonds is 4. The third kappa shape index (κ3) is 4.57. The summed E-state index contributed by atoms with van der Waals surface area (Å²) in [5.74, 6) is 0. The minimum atomic E-state index is -1.92. The highest BCUT2D eigenvalue weighted by atomic mass is 28.4. The van der Waals surface area contributed by atoms with Crippen LogP contribution in [0.25, 0.3) is 11.1 Å². The molecule has 0 amide bonds. The Balaban J connectivity index is 2.37. The highest BCUT2D eigenvalue weighted by Gasteiger charge is 2.41. The number of hydroxylamine groups is 1. The van der Waals surface area contributed by atoms with Crippen molar-refractivity contribution in [3.63, 3.8) is 0 Å². The lowest BCUT2D eigenvalue weighted by molar-refractivity contribution is 0.185. The van der Waals surface area contributed by atoms with E-state index in [4.69, 9.17) is 4.53 Å². The summed E-state index contributed by atoms with van der Waals surface area (Å²) in [6.07, 6.45) is 0. The number of anilines is 1. The van der Waals surface area contributed by atoms with E-state index >= 15 is 0 Å². The van der Waals surface area contributed by atoms with Crippen molar-refractivity contribution in [2.45, 2.75) is 72.1 Å². The van der Waals surface area contributed by atoms with Crippen LogP contribution < -0.4 is 5.06 Å². The summed E-state index contributed by atoms with van der Waals surface area (Å²) in [5.41, 5.74) is 4.82. The largest absolute Gasteiger partial charge is 0.319 e. The molecule has 2 rings (SSSR count). The van der Waals surface area contributed by atoms with Crippen molar-refractivity contribution in [1.29, 1.82) is 0 Å². The smallest absolute Gasteiger partial charge is 0.228 e. The average molecular weight is 370 g/mol. The zero-order valence-electron chi connectivity index (χ0n) is 18.0. The Labute approximate surface area is 161 Å². The minimum absolute atomic E-state index is 0.111. The predicted molar refractivity (Wildman–Crippen MR) is 117 cm³/mol. The normalized spacial score (nSPS) is 13.0. The number of aryl methyl sites for hydroxylation is 1. The fourth-order valence-corrected chi connectivity index (χ4v) is 3.72. The molecular weight excluding hydrogens is 334 g/mol. The maximum absolute atomic E-state index is 6.69. The van der Waals surface area contributed by atoms with Crippen LogP contribution in [0.1, 0.15) is 47.1 Å². The van der Waals surface area contributed by atoms with Gasteiger partial charge in [-0.15, -0.1) is 0 Å². The van der Waals surface area contributed by atoms with Crippen LogP contribution in [0.5, 0.6) is 0 Å². The molecule has 0 saturated carbocycles. The molecule has 0 N–H and O–H groups in total. The first-order chi connectivity index (χ1) is 11.8. The molecule has 0 atom stereocenters. The summed E-state index contributed by atoms with van der Waals surface area (Å²) in [5, 5.41) is 2.28. The molecule has 0 spiro atoms. The van der Waals surface area contributed by atoms with Crippen LogP contribution in [-0.2, 0) is 4.53 Å². The van der Waals surface area contributed by atoms with Gasteiger partial charge in [-0.05, 0) is 74.7 Å². The Bertz CT molecular complexity index is 736. The van der Waals surface area contributed by atoms with Crippen LogP contribution in [0, 0.1) is 6.92 Å². The Morgan fingerprint density at radius 2 is 1.35 bits per heavy atom. The maximum atomic E-state index is 6.69. The van der Waals surface area contributed by atoms with Crippen LogP contribution in [0.4, 0.5) is 5.69 Å². The summed E-state index contributed by atoms with van der Waals surface area (Å²) < 4.78 is 6.69. The van der Waals surface area contributed by atoms with Crippen molar-refractivity contribution < 1.29 is 4.53 Å². The summed E-state index contributed by atoms with van der Waals surface area (Å²) >= 11 is 0. The van der Waals surface area contributed by atoms with Gasteiger partial charge in [0.25, 0.3) is 0 Å². The van der Waals surface area contributed by atoms with Crippen LogP contribution in [0.2, 0.25) is 18.1 Å². The lowest BCUT2D eigenvalue weighted by atomic mass is 10.00. The van der Waals surface area contributed by atoms with E-state index in [0.29, 0.717) is 0 Å². The van der Waals surface area contributed by atoms with E-state index in [0.717, 1.165) is 5.69 Å². The molecular formula is C23H35NOSi. The van der Waals surface area contributed by atoms with Gasteiger partial charge in [0.15, 0.2) is 0 Å². The van der Waals surface area contributed by atoms with Gasteiger partial charge in [-0.1, -0.05) is 57.2 Å². The predicted octanol–water partition coefficient (Wildman–Crippen LogP) is 7.20. The fourth-order valence-electron chi connectivity index (χ4n) is 2.62. The summed E-state index contributed by atoms with van der Waals surface area (Å²) in [4.78, 5) is 0.